The van der Waals surface area contributed by atoms with Crippen molar-refractivity contribution in [3.8, 4) is 0 Å². The zero-order valence-corrected chi connectivity index (χ0v) is 11.4. The van der Waals surface area contributed by atoms with E-state index in [1.165, 1.54) is 0 Å². The Hall–Kier alpha value is -0.620. The van der Waals surface area contributed by atoms with Gasteiger partial charge in [-0.2, -0.15) is 5.10 Å². The van der Waals surface area contributed by atoms with Crippen molar-refractivity contribution in [1.82, 2.24) is 19.3 Å². The maximum Gasteiger partial charge on any atom is 0.130 e. The summed E-state index contributed by atoms with van der Waals surface area (Å²) in [5.74, 6) is 1.01. The van der Waals surface area contributed by atoms with Gasteiger partial charge in [0.25, 0.3) is 0 Å². The Kier molecular flexibility index (Phi) is 3.25. The molecule has 0 amide bonds. The van der Waals surface area contributed by atoms with Crippen molar-refractivity contribution in [3.63, 3.8) is 0 Å². The zero-order valence-electron chi connectivity index (χ0n) is 8.19. The first kappa shape index (κ1) is 10.9. The van der Waals surface area contributed by atoms with Gasteiger partial charge in [0.15, 0.2) is 0 Å². The molecular formula is C9H10Br2N4. The van der Waals surface area contributed by atoms with Gasteiger partial charge >= 0.3 is 0 Å². The molecule has 0 unspecified atom stereocenters. The SMILES string of the molecule is CCn1ccnc1Cn1nc(Br)cc1Br. The highest BCUT2D eigenvalue weighted by Gasteiger charge is 2.07. The molecule has 0 aromatic carbocycles. The maximum atomic E-state index is 4.30. The Bertz CT molecular complexity index is 460. The van der Waals surface area contributed by atoms with Crippen LogP contribution in [0.2, 0.25) is 0 Å². The molecular weight excluding hydrogens is 324 g/mol. The van der Waals surface area contributed by atoms with Gasteiger partial charge in [-0.05, 0) is 38.8 Å². The lowest BCUT2D eigenvalue weighted by Crippen LogP contribution is -2.08. The Balaban J connectivity index is 2.25. The summed E-state index contributed by atoms with van der Waals surface area (Å²) in [7, 11) is 0. The van der Waals surface area contributed by atoms with Crippen molar-refractivity contribution >= 4 is 31.9 Å². The smallest absolute Gasteiger partial charge is 0.130 e. The number of aromatic nitrogens is 4. The number of aryl methyl sites for hydroxylation is 1. The van der Waals surface area contributed by atoms with Gasteiger partial charge in [0.2, 0.25) is 0 Å². The van der Waals surface area contributed by atoms with Gasteiger partial charge in [-0.15, -0.1) is 0 Å². The molecule has 0 aliphatic heterocycles. The van der Waals surface area contributed by atoms with Crippen molar-refractivity contribution < 1.29 is 0 Å². The molecule has 4 nitrogen and oxygen atoms in total. The Morgan fingerprint density at radius 2 is 2.20 bits per heavy atom. The van der Waals surface area contributed by atoms with E-state index < -0.39 is 0 Å². The average Bonchev–Trinajstić information content (AvgIpc) is 2.74. The normalized spacial score (nSPS) is 10.9. The van der Waals surface area contributed by atoms with E-state index in [9.17, 15) is 0 Å². The second-order valence-corrected chi connectivity index (χ2v) is 4.70. The number of nitrogens with zero attached hydrogens (tertiary/aromatic N) is 4. The summed E-state index contributed by atoms with van der Waals surface area (Å²) in [6, 6.07) is 1.92. The standard InChI is InChI=1S/C9H10Br2N4/c1-2-14-4-3-12-9(14)6-15-8(11)5-7(10)13-15/h3-5H,2,6H2,1H3. The first-order chi connectivity index (χ1) is 7.20. The topological polar surface area (TPSA) is 35.6 Å². The van der Waals surface area contributed by atoms with Crippen molar-refractivity contribution in [3.05, 3.63) is 33.5 Å². The largest absolute Gasteiger partial charge is 0.334 e. The van der Waals surface area contributed by atoms with Crippen LogP contribution in [0.4, 0.5) is 0 Å². The van der Waals surface area contributed by atoms with Gasteiger partial charge in [0, 0.05) is 25.0 Å². The van der Waals surface area contributed by atoms with Gasteiger partial charge in [-0.3, -0.25) is 0 Å². The molecule has 0 atom stereocenters. The first-order valence-corrected chi connectivity index (χ1v) is 6.18. The lowest BCUT2D eigenvalue weighted by Gasteiger charge is -2.05. The maximum absolute atomic E-state index is 4.30. The van der Waals surface area contributed by atoms with Crippen molar-refractivity contribution in [2.24, 2.45) is 0 Å². The molecule has 2 aromatic heterocycles. The van der Waals surface area contributed by atoms with Crippen LogP contribution in [0.3, 0.4) is 0 Å². The van der Waals surface area contributed by atoms with Crippen LogP contribution in [0.5, 0.6) is 0 Å². The highest BCUT2D eigenvalue weighted by atomic mass is 79.9. The minimum Gasteiger partial charge on any atom is -0.334 e. The second kappa shape index (κ2) is 4.49. The summed E-state index contributed by atoms with van der Waals surface area (Å²) in [5, 5.41) is 4.29. The third kappa shape index (κ3) is 2.31. The van der Waals surface area contributed by atoms with Crippen LogP contribution in [0, 0.1) is 0 Å². The fourth-order valence-electron chi connectivity index (χ4n) is 1.39. The van der Waals surface area contributed by atoms with E-state index in [0.717, 1.165) is 21.6 Å². The molecule has 15 heavy (non-hydrogen) atoms. The van der Waals surface area contributed by atoms with E-state index in [-0.39, 0.29) is 0 Å². The molecule has 0 saturated carbocycles. The van der Waals surface area contributed by atoms with Gasteiger partial charge in [0.1, 0.15) is 21.6 Å². The molecule has 6 heteroatoms. The monoisotopic (exact) mass is 332 g/mol. The van der Waals surface area contributed by atoms with Gasteiger partial charge < -0.3 is 4.57 Å². The predicted molar refractivity (Wildman–Crippen MR) is 64.6 cm³/mol. The molecule has 2 heterocycles. The molecule has 80 valence electrons. The number of hydrogen-bond donors (Lipinski definition) is 0. The van der Waals surface area contributed by atoms with E-state index in [2.05, 4.69) is 53.4 Å². The highest BCUT2D eigenvalue weighted by Crippen LogP contribution is 2.17. The van der Waals surface area contributed by atoms with Crippen LogP contribution >= 0.6 is 31.9 Å². The van der Waals surface area contributed by atoms with Crippen LogP contribution in [-0.4, -0.2) is 19.3 Å². The molecule has 2 aromatic rings. The third-order valence-electron chi connectivity index (χ3n) is 2.13. The van der Waals surface area contributed by atoms with E-state index in [1.54, 1.807) is 0 Å². The fraction of sp³-hybridized carbons (Fsp3) is 0.333. The number of halogens is 2. The number of rotatable bonds is 3. The summed E-state index contributed by atoms with van der Waals surface area (Å²) in [6.45, 7) is 3.70. The average molecular weight is 334 g/mol. The predicted octanol–water partition coefficient (Wildman–Crippen LogP) is 2.67. The Morgan fingerprint density at radius 3 is 2.80 bits per heavy atom. The van der Waals surface area contributed by atoms with Crippen LogP contribution in [0.15, 0.2) is 27.7 Å². The lowest BCUT2D eigenvalue weighted by molar-refractivity contribution is 0.596. The van der Waals surface area contributed by atoms with E-state index in [4.69, 9.17) is 0 Å². The van der Waals surface area contributed by atoms with E-state index in [0.29, 0.717) is 6.54 Å². The second-order valence-electron chi connectivity index (χ2n) is 3.08. The van der Waals surface area contributed by atoms with Gasteiger partial charge in [0.05, 0.1) is 0 Å². The highest BCUT2D eigenvalue weighted by molar-refractivity contribution is 9.11. The summed E-state index contributed by atoms with van der Waals surface area (Å²) in [5.41, 5.74) is 0. The molecule has 0 aliphatic carbocycles. The minimum absolute atomic E-state index is 0.674. The van der Waals surface area contributed by atoms with Crippen molar-refractivity contribution in [2.45, 2.75) is 20.0 Å². The molecule has 0 radical (unpaired) electrons. The molecule has 0 spiro atoms. The molecule has 2 rings (SSSR count). The quantitative estimate of drug-likeness (QED) is 0.865. The zero-order chi connectivity index (χ0) is 10.8. The van der Waals surface area contributed by atoms with Crippen molar-refractivity contribution in [1.29, 1.82) is 0 Å². The van der Waals surface area contributed by atoms with Gasteiger partial charge in [-0.25, -0.2) is 9.67 Å². The minimum atomic E-state index is 0.674. The van der Waals surface area contributed by atoms with Gasteiger partial charge in [-0.1, -0.05) is 0 Å². The van der Waals surface area contributed by atoms with E-state index in [1.807, 2.05) is 23.1 Å². The lowest BCUT2D eigenvalue weighted by atomic mass is 10.5. The van der Waals surface area contributed by atoms with Crippen LogP contribution in [0.1, 0.15) is 12.7 Å². The molecule has 0 saturated heterocycles. The third-order valence-corrected chi connectivity index (χ3v) is 3.16. The molecule has 0 N–H and O–H groups in total. The van der Waals surface area contributed by atoms with Crippen LogP contribution < -0.4 is 0 Å². The summed E-state index contributed by atoms with van der Waals surface area (Å²) >= 11 is 6.78. The fourth-order valence-corrected chi connectivity index (χ4v) is 2.53. The first-order valence-electron chi connectivity index (χ1n) is 4.59. The summed E-state index contributed by atoms with van der Waals surface area (Å²) < 4.78 is 5.73. The molecule has 0 fully saturated rings. The summed E-state index contributed by atoms with van der Waals surface area (Å²) in [4.78, 5) is 4.30. The number of imidazole rings is 1. The Morgan fingerprint density at radius 1 is 1.40 bits per heavy atom. The Labute approximate surface area is 105 Å². The molecule has 0 aliphatic rings. The van der Waals surface area contributed by atoms with E-state index >= 15 is 0 Å². The summed E-state index contributed by atoms with van der Waals surface area (Å²) in [6.07, 6.45) is 3.78. The van der Waals surface area contributed by atoms with Crippen molar-refractivity contribution in [2.75, 3.05) is 0 Å². The van der Waals surface area contributed by atoms with Crippen LogP contribution in [0.25, 0.3) is 0 Å². The number of hydrogen-bond acceptors (Lipinski definition) is 2. The van der Waals surface area contributed by atoms with Crippen LogP contribution in [-0.2, 0) is 13.1 Å². The molecule has 0 bridgehead atoms.